The van der Waals surface area contributed by atoms with Crippen molar-refractivity contribution in [2.75, 3.05) is 20.5 Å². The molecule has 0 radical (unpaired) electrons. The second kappa shape index (κ2) is 8.37. The maximum Gasteiger partial charge on any atom is 0.232 e. The number of rotatable bonds is 7. The Bertz CT molecular complexity index is 970. The molecule has 0 aliphatic carbocycles. The van der Waals surface area contributed by atoms with Crippen molar-refractivity contribution in [2.45, 2.75) is 30.5 Å². The summed E-state index contributed by atoms with van der Waals surface area (Å²) in [7, 11) is 1.41. The number of ketones is 1. The summed E-state index contributed by atoms with van der Waals surface area (Å²) in [5, 5.41) is 0. The Morgan fingerprint density at radius 2 is 1.97 bits per heavy atom. The Labute approximate surface area is 170 Å². The van der Waals surface area contributed by atoms with E-state index in [1.807, 2.05) is 0 Å². The topological polar surface area (TPSA) is 90.5 Å². The molecule has 2 heterocycles. The van der Waals surface area contributed by atoms with E-state index in [-0.39, 0.29) is 30.0 Å². The van der Waals surface area contributed by atoms with E-state index in [0.29, 0.717) is 5.56 Å². The van der Waals surface area contributed by atoms with Crippen LogP contribution < -0.4 is 10.5 Å². The fraction of sp³-hybridized carbons (Fsp3) is 0.400. The molecule has 2 atom stereocenters. The average Bonchev–Trinajstić information content (AvgIpc) is 2.77. The van der Waals surface area contributed by atoms with E-state index in [9.17, 15) is 22.4 Å². The van der Waals surface area contributed by atoms with Crippen molar-refractivity contribution < 1.29 is 27.1 Å². The summed E-state index contributed by atoms with van der Waals surface area (Å²) in [6.45, 7) is -2.56. The van der Waals surface area contributed by atoms with Gasteiger partial charge < -0.3 is 10.5 Å². The van der Waals surface area contributed by atoms with Crippen LogP contribution in [-0.4, -0.2) is 47.7 Å². The first kappa shape index (κ1) is 21.7. The summed E-state index contributed by atoms with van der Waals surface area (Å²) >= 11 is 0. The summed E-state index contributed by atoms with van der Waals surface area (Å²) in [5.41, 5.74) is 1.56. The summed E-state index contributed by atoms with van der Waals surface area (Å²) in [4.78, 5) is 24.2. The van der Waals surface area contributed by atoms with E-state index in [1.165, 1.54) is 31.6 Å². The molecule has 10 heteroatoms. The fourth-order valence-corrected chi connectivity index (χ4v) is 3.30. The lowest BCUT2D eigenvalue weighted by Gasteiger charge is -2.37. The van der Waals surface area contributed by atoms with Gasteiger partial charge in [-0.05, 0) is 30.5 Å². The number of aliphatic imine (C=N–C) groups is 1. The van der Waals surface area contributed by atoms with E-state index < -0.39 is 48.4 Å². The first-order valence-corrected chi connectivity index (χ1v) is 9.12. The van der Waals surface area contributed by atoms with Crippen LogP contribution in [0.3, 0.4) is 0 Å². The van der Waals surface area contributed by atoms with Crippen LogP contribution in [0.15, 0.2) is 35.6 Å². The molecule has 1 aromatic heterocycles. The molecule has 6 nitrogen and oxygen atoms in total. The standard InChI is InChI=1S/C20H20F4N4O2/c1-30-17-9-26-15(8-27-17)16(29)7-12-2-3-14(23)13(6-12)20(11-22)5-4-19(24,10-21)18(25)28-20/h2-3,6,8-9H,4-5,7,10-11H2,1H3,(H2,25,28)/t19-,20+/m0/s1. The minimum absolute atomic E-state index is 0.0759. The third-order valence-corrected chi connectivity index (χ3v) is 5.18. The Balaban J connectivity index is 1.92. The number of carbonyl (C=O) groups is 1. The quantitative estimate of drug-likeness (QED) is 0.545. The highest BCUT2D eigenvalue weighted by molar-refractivity contribution is 5.95. The predicted molar refractivity (Wildman–Crippen MR) is 101 cm³/mol. The lowest BCUT2D eigenvalue weighted by Crippen LogP contribution is -2.50. The van der Waals surface area contributed by atoms with Crippen LogP contribution >= 0.6 is 0 Å². The zero-order valence-electron chi connectivity index (χ0n) is 16.2. The first-order chi connectivity index (χ1) is 14.3. The van der Waals surface area contributed by atoms with E-state index in [2.05, 4.69) is 15.0 Å². The summed E-state index contributed by atoms with van der Waals surface area (Å²) in [6, 6.07) is 3.74. The van der Waals surface area contributed by atoms with E-state index in [0.717, 1.165) is 6.07 Å². The molecule has 0 amide bonds. The van der Waals surface area contributed by atoms with Gasteiger partial charge in [-0.3, -0.25) is 9.79 Å². The van der Waals surface area contributed by atoms with Crippen molar-refractivity contribution >= 4 is 11.6 Å². The van der Waals surface area contributed by atoms with E-state index in [4.69, 9.17) is 10.5 Å². The van der Waals surface area contributed by atoms with E-state index in [1.54, 1.807) is 0 Å². The van der Waals surface area contributed by atoms with Gasteiger partial charge in [0.15, 0.2) is 11.5 Å². The van der Waals surface area contributed by atoms with E-state index >= 15 is 0 Å². The number of Topliss-reactive ketones (excluding diaryl/α,β-unsaturated/α-hetero) is 1. The third-order valence-electron chi connectivity index (χ3n) is 5.18. The van der Waals surface area contributed by atoms with Gasteiger partial charge in [0.05, 0.1) is 19.5 Å². The molecule has 0 saturated heterocycles. The number of methoxy groups -OCH3 is 1. The van der Waals surface area contributed by atoms with Gasteiger partial charge in [-0.1, -0.05) is 6.07 Å². The molecule has 0 saturated carbocycles. The molecule has 2 N–H and O–H groups in total. The molecule has 160 valence electrons. The summed E-state index contributed by atoms with van der Waals surface area (Å²) < 4.78 is 60.8. The Hall–Kier alpha value is -3.04. The maximum atomic E-state index is 14.6. The van der Waals surface area contributed by atoms with Crippen molar-refractivity contribution in [3.8, 4) is 5.88 Å². The Kier molecular flexibility index (Phi) is 6.04. The van der Waals surface area contributed by atoms with Gasteiger partial charge in [-0.25, -0.2) is 27.5 Å². The van der Waals surface area contributed by atoms with Crippen LogP contribution in [0.5, 0.6) is 5.88 Å². The molecular weight excluding hydrogens is 404 g/mol. The number of aromatic nitrogens is 2. The van der Waals surface area contributed by atoms with Crippen molar-refractivity contribution in [3.05, 3.63) is 53.2 Å². The SMILES string of the molecule is COc1cnc(C(=O)Cc2ccc(F)c([C@]3(CF)CC[C@](F)(CF)C(N)=N3)c2)cn1. The van der Waals surface area contributed by atoms with Crippen LogP contribution in [-0.2, 0) is 12.0 Å². The molecule has 1 aromatic carbocycles. The van der Waals surface area contributed by atoms with Crippen molar-refractivity contribution in [1.29, 1.82) is 0 Å². The average molecular weight is 424 g/mol. The number of ether oxygens (including phenoxy) is 1. The molecule has 1 aliphatic rings. The molecule has 30 heavy (non-hydrogen) atoms. The van der Waals surface area contributed by atoms with Crippen LogP contribution in [0.4, 0.5) is 17.6 Å². The maximum absolute atomic E-state index is 14.6. The molecule has 0 fully saturated rings. The minimum atomic E-state index is -2.49. The number of hydrogen-bond donors (Lipinski definition) is 1. The number of alkyl halides is 3. The molecular formula is C20H20F4N4O2. The second-order valence-corrected chi connectivity index (χ2v) is 7.12. The van der Waals surface area contributed by atoms with Gasteiger partial charge >= 0.3 is 0 Å². The van der Waals surface area contributed by atoms with Crippen LogP contribution in [0.25, 0.3) is 0 Å². The highest BCUT2D eigenvalue weighted by Gasteiger charge is 2.47. The van der Waals surface area contributed by atoms with Crippen molar-refractivity contribution in [3.63, 3.8) is 0 Å². The lowest BCUT2D eigenvalue weighted by atomic mass is 9.79. The minimum Gasteiger partial charge on any atom is -0.480 e. The molecule has 0 spiro atoms. The van der Waals surface area contributed by atoms with Crippen LogP contribution in [0.1, 0.15) is 34.5 Å². The number of hydrogen-bond acceptors (Lipinski definition) is 6. The summed E-state index contributed by atoms with van der Waals surface area (Å²) in [5.74, 6) is -1.64. The van der Waals surface area contributed by atoms with Gasteiger partial charge in [0.1, 0.15) is 36.2 Å². The molecule has 0 bridgehead atoms. The monoisotopic (exact) mass is 424 g/mol. The highest BCUT2D eigenvalue weighted by Crippen LogP contribution is 2.41. The van der Waals surface area contributed by atoms with Crippen LogP contribution in [0, 0.1) is 5.82 Å². The normalized spacial score (nSPS) is 23.7. The summed E-state index contributed by atoms with van der Waals surface area (Å²) in [6.07, 6.45) is 1.66. The zero-order valence-corrected chi connectivity index (χ0v) is 16.2. The van der Waals surface area contributed by atoms with Gasteiger partial charge in [-0.2, -0.15) is 0 Å². The molecule has 3 rings (SSSR count). The predicted octanol–water partition coefficient (Wildman–Crippen LogP) is 3.04. The molecule has 2 aromatic rings. The highest BCUT2D eigenvalue weighted by atomic mass is 19.2. The number of nitrogens with two attached hydrogens (primary N) is 1. The van der Waals surface area contributed by atoms with Gasteiger partial charge in [-0.15, -0.1) is 0 Å². The third kappa shape index (κ3) is 3.99. The largest absolute Gasteiger partial charge is 0.480 e. The number of carbonyl (C=O) groups excluding carboxylic acids is 1. The Morgan fingerprint density at radius 1 is 1.20 bits per heavy atom. The number of benzene rings is 1. The van der Waals surface area contributed by atoms with Crippen LogP contribution in [0.2, 0.25) is 0 Å². The number of halogens is 4. The number of nitrogens with zero attached hydrogens (tertiary/aromatic N) is 3. The lowest BCUT2D eigenvalue weighted by molar-refractivity contribution is 0.0987. The molecule has 0 unspecified atom stereocenters. The fourth-order valence-electron chi connectivity index (χ4n) is 3.30. The first-order valence-electron chi connectivity index (χ1n) is 9.12. The Morgan fingerprint density at radius 3 is 2.53 bits per heavy atom. The van der Waals surface area contributed by atoms with Crippen molar-refractivity contribution in [1.82, 2.24) is 9.97 Å². The van der Waals surface area contributed by atoms with Gasteiger partial charge in [0.2, 0.25) is 5.88 Å². The van der Waals surface area contributed by atoms with Gasteiger partial charge in [0, 0.05) is 12.0 Å². The second-order valence-electron chi connectivity index (χ2n) is 7.12. The van der Waals surface area contributed by atoms with Gasteiger partial charge in [0.25, 0.3) is 0 Å². The smallest absolute Gasteiger partial charge is 0.232 e. The zero-order chi connectivity index (χ0) is 21.9. The molecule has 1 aliphatic heterocycles. The van der Waals surface area contributed by atoms with Crippen molar-refractivity contribution in [2.24, 2.45) is 10.7 Å². The number of amidine groups is 1.